The number of para-hydroxylation sites is 1. The summed E-state index contributed by atoms with van der Waals surface area (Å²) in [6.07, 6.45) is 3.44. The van der Waals surface area contributed by atoms with Crippen LogP contribution in [0, 0.1) is 10.1 Å². The lowest BCUT2D eigenvalue weighted by molar-refractivity contribution is -0.385. The lowest BCUT2D eigenvalue weighted by atomic mass is 10.1. The monoisotopic (exact) mass is 273 g/mol. The van der Waals surface area contributed by atoms with Crippen molar-refractivity contribution in [2.75, 3.05) is 0 Å². The maximum absolute atomic E-state index is 11.0. The number of nitrogens with zero attached hydrogens (tertiary/aromatic N) is 2. The normalized spacial score (nSPS) is 12.3. The Morgan fingerprint density at radius 2 is 2.05 bits per heavy atom. The number of hydrogen-bond donors (Lipinski definition) is 1. The van der Waals surface area contributed by atoms with Crippen molar-refractivity contribution >= 4 is 5.69 Å². The second-order valence-electron chi connectivity index (χ2n) is 5.01. The van der Waals surface area contributed by atoms with Gasteiger partial charge in [0.05, 0.1) is 4.92 Å². The summed E-state index contributed by atoms with van der Waals surface area (Å²) in [5.74, 6) is 0. The molecule has 20 heavy (non-hydrogen) atoms. The summed E-state index contributed by atoms with van der Waals surface area (Å²) in [4.78, 5) is 10.7. The first-order chi connectivity index (χ1) is 9.58. The standard InChI is InChI=1S/C15H19N3O2/c1-12(16)11-14-6-4-9-17(14)10-8-13-5-2-3-7-15(13)18(19)20/h2-7,9,12H,8,10-11,16H2,1H3. The number of hydrogen-bond acceptors (Lipinski definition) is 3. The molecule has 0 spiro atoms. The van der Waals surface area contributed by atoms with Gasteiger partial charge in [-0.25, -0.2) is 0 Å². The number of benzene rings is 1. The SMILES string of the molecule is CC(N)Cc1cccn1CCc1ccccc1[N+](=O)[O-]. The van der Waals surface area contributed by atoms with Crippen LogP contribution in [0.1, 0.15) is 18.2 Å². The third-order valence-electron chi connectivity index (χ3n) is 3.27. The van der Waals surface area contributed by atoms with E-state index < -0.39 is 0 Å². The lowest BCUT2D eigenvalue weighted by Gasteiger charge is -2.11. The van der Waals surface area contributed by atoms with Gasteiger partial charge in [-0.05, 0) is 25.5 Å². The number of nitro benzene ring substituents is 1. The van der Waals surface area contributed by atoms with E-state index in [4.69, 9.17) is 5.73 Å². The van der Waals surface area contributed by atoms with Crippen LogP contribution in [0.4, 0.5) is 5.69 Å². The Balaban J connectivity index is 2.10. The van der Waals surface area contributed by atoms with Gasteiger partial charge in [-0.3, -0.25) is 10.1 Å². The van der Waals surface area contributed by atoms with Crippen LogP contribution in [0.5, 0.6) is 0 Å². The molecule has 2 N–H and O–H groups in total. The molecule has 1 aromatic carbocycles. The first-order valence-corrected chi connectivity index (χ1v) is 6.70. The molecule has 5 heteroatoms. The Morgan fingerprint density at radius 3 is 2.75 bits per heavy atom. The lowest BCUT2D eigenvalue weighted by Crippen LogP contribution is -2.20. The second-order valence-corrected chi connectivity index (χ2v) is 5.01. The van der Waals surface area contributed by atoms with Crippen LogP contribution < -0.4 is 5.73 Å². The zero-order valence-electron chi connectivity index (χ0n) is 11.5. The van der Waals surface area contributed by atoms with Gasteiger partial charge < -0.3 is 10.3 Å². The van der Waals surface area contributed by atoms with E-state index in [0.717, 1.165) is 18.5 Å². The molecule has 0 radical (unpaired) electrons. The zero-order valence-corrected chi connectivity index (χ0v) is 11.5. The summed E-state index contributed by atoms with van der Waals surface area (Å²) in [6.45, 7) is 2.69. The predicted molar refractivity (Wildman–Crippen MR) is 78.6 cm³/mol. The van der Waals surface area contributed by atoms with Gasteiger partial charge in [0.2, 0.25) is 0 Å². The molecule has 0 saturated carbocycles. The highest BCUT2D eigenvalue weighted by atomic mass is 16.6. The molecule has 0 amide bonds. The first-order valence-electron chi connectivity index (χ1n) is 6.70. The van der Waals surface area contributed by atoms with E-state index in [-0.39, 0.29) is 16.7 Å². The fourth-order valence-corrected chi connectivity index (χ4v) is 2.32. The highest BCUT2D eigenvalue weighted by Gasteiger charge is 2.12. The Labute approximate surface area is 118 Å². The third kappa shape index (κ3) is 3.45. The van der Waals surface area contributed by atoms with E-state index in [2.05, 4.69) is 4.57 Å². The number of aryl methyl sites for hydroxylation is 2. The molecule has 1 aromatic heterocycles. The van der Waals surface area contributed by atoms with Crippen molar-refractivity contribution in [1.29, 1.82) is 0 Å². The summed E-state index contributed by atoms with van der Waals surface area (Å²) in [5.41, 5.74) is 7.94. The highest BCUT2D eigenvalue weighted by Crippen LogP contribution is 2.19. The summed E-state index contributed by atoms with van der Waals surface area (Å²) < 4.78 is 2.11. The van der Waals surface area contributed by atoms with Crippen LogP contribution in [-0.4, -0.2) is 15.5 Å². The van der Waals surface area contributed by atoms with E-state index in [0.29, 0.717) is 6.42 Å². The van der Waals surface area contributed by atoms with E-state index in [9.17, 15) is 10.1 Å². The molecule has 1 atom stereocenters. The van der Waals surface area contributed by atoms with Crippen LogP contribution in [0.25, 0.3) is 0 Å². The molecule has 5 nitrogen and oxygen atoms in total. The minimum Gasteiger partial charge on any atom is -0.351 e. The fraction of sp³-hybridized carbons (Fsp3) is 0.333. The van der Waals surface area contributed by atoms with Crippen molar-refractivity contribution in [3.8, 4) is 0 Å². The predicted octanol–water partition coefficient (Wildman–Crippen LogP) is 2.53. The molecule has 106 valence electrons. The van der Waals surface area contributed by atoms with Crippen molar-refractivity contribution in [3.63, 3.8) is 0 Å². The summed E-state index contributed by atoms with van der Waals surface area (Å²) in [6, 6.07) is 11.0. The maximum Gasteiger partial charge on any atom is 0.272 e. The Bertz CT molecular complexity index is 590. The molecule has 2 aromatic rings. The molecule has 0 bridgehead atoms. The molecule has 0 aliphatic heterocycles. The average molecular weight is 273 g/mol. The molecule has 1 heterocycles. The second kappa shape index (κ2) is 6.34. The van der Waals surface area contributed by atoms with Gasteiger partial charge in [0.15, 0.2) is 0 Å². The number of nitrogens with two attached hydrogens (primary N) is 1. The van der Waals surface area contributed by atoms with E-state index in [1.54, 1.807) is 12.1 Å². The zero-order chi connectivity index (χ0) is 14.5. The van der Waals surface area contributed by atoms with Crippen LogP contribution in [0.3, 0.4) is 0 Å². The highest BCUT2D eigenvalue weighted by molar-refractivity contribution is 5.39. The molecule has 0 aliphatic carbocycles. The van der Waals surface area contributed by atoms with Gasteiger partial charge in [0.1, 0.15) is 0 Å². The molecular formula is C15H19N3O2. The van der Waals surface area contributed by atoms with Crippen molar-refractivity contribution in [3.05, 3.63) is 64.0 Å². The van der Waals surface area contributed by atoms with Crippen LogP contribution in [0.2, 0.25) is 0 Å². The van der Waals surface area contributed by atoms with Gasteiger partial charge in [-0.1, -0.05) is 18.2 Å². The van der Waals surface area contributed by atoms with E-state index in [1.807, 2.05) is 37.4 Å². The van der Waals surface area contributed by atoms with Crippen LogP contribution >= 0.6 is 0 Å². The number of aromatic nitrogens is 1. The minimum atomic E-state index is -0.326. The Kier molecular flexibility index (Phi) is 4.53. The Hall–Kier alpha value is -2.14. The summed E-state index contributed by atoms with van der Waals surface area (Å²) in [7, 11) is 0. The van der Waals surface area contributed by atoms with E-state index in [1.165, 1.54) is 5.69 Å². The summed E-state index contributed by atoms with van der Waals surface area (Å²) in [5, 5.41) is 11.0. The van der Waals surface area contributed by atoms with Crippen molar-refractivity contribution in [2.24, 2.45) is 5.73 Å². The molecule has 0 aliphatic rings. The number of rotatable bonds is 6. The maximum atomic E-state index is 11.0. The third-order valence-corrected chi connectivity index (χ3v) is 3.27. The Morgan fingerprint density at radius 1 is 1.30 bits per heavy atom. The largest absolute Gasteiger partial charge is 0.351 e. The van der Waals surface area contributed by atoms with Gasteiger partial charge in [0.25, 0.3) is 5.69 Å². The molecule has 0 saturated heterocycles. The van der Waals surface area contributed by atoms with Gasteiger partial charge >= 0.3 is 0 Å². The smallest absolute Gasteiger partial charge is 0.272 e. The quantitative estimate of drug-likeness (QED) is 0.649. The fourth-order valence-electron chi connectivity index (χ4n) is 2.32. The van der Waals surface area contributed by atoms with Crippen LogP contribution in [0.15, 0.2) is 42.6 Å². The van der Waals surface area contributed by atoms with Crippen molar-refractivity contribution in [1.82, 2.24) is 4.57 Å². The van der Waals surface area contributed by atoms with Crippen molar-refractivity contribution in [2.45, 2.75) is 32.4 Å². The average Bonchev–Trinajstić information content (AvgIpc) is 2.83. The minimum absolute atomic E-state index is 0.106. The first kappa shape index (κ1) is 14.3. The molecule has 2 rings (SSSR count). The topological polar surface area (TPSA) is 74.1 Å². The molecular weight excluding hydrogens is 254 g/mol. The summed E-state index contributed by atoms with van der Waals surface area (Å²) >= 11 is 0. The molecule has 1 unspecified atom stereocenters. The number of nitro groups is 1. The van der Waals surface area contributed by atoms with Gasteiger partial charge in [-0.15, -0.1) is 0 Å². The van der Waals surface area contributed by atoms with Crippen LogP contribution in [-0.2, 0) is 19.4 Å². The van der Waals surface area contributed by atoms with E-state index >= 15 is 0 Å². The van der Waals surface area contributed by atoms with Gasteiger partial charge in [-0.2, -0.15) is 0 Å². The van der Waals surface area contributed by atoms with Gasteiger partial charge in [0, 0.05) is 42.5 Å². The van der Waals surface area contributed by atoms with Crippen molar-refractivity contribution < 1.29 is 4.92 Å². The molecule has 0 fully saturated rings.